The minimum absolute atomic E-state index is 0.0485. The molecule has 130 valence electrons. The van der Waals surface area contributed by atoms with Crippen molar-refractivity contribution in [1.82, 2.24) is 20.2 Å². The molecule has 0 bridgehead atoms. The molecule has 8 nitrogen and oxygen atoms in total. The Morgan fingerprint density at radius 1 is 1.08 bits per heavy atom. The highest BCUT2D eigenvalue weighted by Crippen LogP contribution is 2.24. The van der Waals surface area contributed by atoms with Gasteiger partial charge in [0.2, 0.25) is 0 Å². The predicted molar refractivity (Wildman–Crippen MR) is 87.7 cm³/mol. The lowest BCUT2D eigenvalue weighted by Crippen LogP contribution is -2.54. The van der Waals surface area contributed by atoms with Crippen molar-refractivity contribution in [2.75, 3.05) is 31.1 Å². The second-order valence-electron chi connectivity index (χ2n) is 6.37. The minimum atomic E-state index is -0.722. The van der Waals surface area contributed by atoms with E-state index >= 15 is 0 Å². The van der Waals surface area contributed by atoms with E-state index in [1.54, 1.807) is 18.6 Å². The van der Waals surface area contributed by atoms with Crippen LogP contribution in [0.15, 0.2) is 18.6 Å². The van der Waals surface area contributed by atoms with Crippen molar-refractivity contribution < 1.29 is 14.7 Å². The smallest absolute Gasteiger partial charge is 0.317 e. The SMILES string of the molecule is O=C(O)C1CCC(NC(=O)N2CCN(c3cnccn3)CC2)CC1. The third-order valence-electron chi connectivity index (χ3n) is 4.84. The topological polar surface area (TPSA) is 98.7 Å². The maximum absolute atomic E-state index is 12.4. The van der Waals surface area contributed by atoms with Crippen LogP contribution in [0, 0.1) is 5.92 Å². The van der Waals surface area contributed by atoms with Gasteiger partial charge in [0.25, 0.3) is 0 Å². The number of aromatic nitrogens is 2. The van der Waals surface area contributed by atoms with Gasteiger partial charge in [0, 0.05) is 44.6 Å². The molecule has 24 heavy (non-hydrogen) atoms. The van der Waals surface area contributed by atoms with Crippen LogP contribution in [0.3, 0.4) is 0 Å². The van der Waals surface area contributed by atoms with Gasteiger partial charge in [0.1, 0.15) is 5.82 Å². The Kier molecular flexibility index (Phi) is 5.12. The van der Waals surface area contributed by atoms with Crippen molar-refractivity contribution in [2.45, 2.75) is 31.7 Å². The number of nitrogens with one attached hydrogen (secondary N) is 1. The molecule has 1 saturated heterocycles. The molecule has 1 aliphatic carbocycles. The molecule has 0 atom stereocenters. The van der Waals surface area contributed by atoms with Gasteiger partial charge in [-0.3, -0.25) is 9.78 Å². The second kappa shape index (κ2) is 7.46. The molecule has 1 aromatic rings. The van der Waals surface area contributed by atoms with Crippen LogP contribution in [0.2, 0.25) is 0 Å². The zero-order valence-electron chi connectivity index (χ0n) is 13.6. The average molecular weight is 333 g/mol. The summed E-state index contributed by atoms with van der Waals surface area (Å²) in [4.78, 5) is 35.6. The van der Waals surface area contributed by atoms with E-state index in [4.69, 9.17) is 5.11 Å². The summed E-state index contributed by atoms with van der Waals surface area (Å²) in [5, 5.41) is 12.1. The third-order valence-corrected chi connectivity index (χ3v) is 4.84. The summed E-state index contributed by atoms with van der Waals surface area (Å²) in [6.45, 7) is 2.76. The van der Waals surface area contributed by atoms with Gasteiger partial charge < -0.3 is 20.2 Å². The van der Waals surface area contributed by atoms with E-state index in [1.165, 1.54) is 0 Å². The van der Waals surface area contributed by atoms with Crippen molar-refractivity contribution >= 4 is 17.8 Å². The van der Waals surface area contributed by atoms with Gasteiger partial charge in [-0.2, -0.15) is 0 Å². The molecule has 2 heterocycles. The van der Waals surface area contributed by atoms with Crippen LogP contribution in [-0.2, 0) is 4.79 Å². The summed E-state index contributed by atoms with van der Waals surface area (Å²) in [7, 11) is 0. The Balaban J connectivity index is 1.43. The van der Waals surface area contributed by atoms with E-state index < -0.39 is 5.97 Å². The van der Waals surface area contributed by atoms with E-state index in [9.17, 15) is 9.59 Å². The lowest BCUT2D eigenvalue weighted by Gasteiger charge is -2.36. The van der Waals surface area contributed by atoms with Crippen molar-refractivity contribution in [3.05, 3.63) is 18.6 Å². The van der Waals surface area contributed by atoms with E-state index in [1.807, 2.05) is 4.90 Å². The van der Waals surface area contributed by atoms with Gasteiger partial charge in [-0.1, -0.05) is 0 Å². The van der Waals surface area contributed by atoms with E-state index in [-0.39, 0.29) is 18.0 Å². The standard InChI is InChI=1S/C16H23N5O3/c22-15(23)12-1-3-13(4-2-12)19-16(24)21-9-7-20(8-10-21)14-11-17-5-6-18-14/h5-6,11-13H,1-4,7-10H2,(H,19,24)(H,22,23). The molecule has 0 unspecified atom stereocenters. The van der Waals surface area contributed by atoms with Gasteiger partial charge in [-0.25, -0.2) is 9.78 Å². The number of hydrogen-bond acceptors (Lipinski definition) is 5. The fourth-order valence-corrected chi connectivity index (χ4v) is 3.34. The van der Waals surface area contributed by atoms with E-state index in [0.29, 0.717) is 25.9 Å². The molecule has 1 saturated carbocycles. The van der Waals surface area contributed by atoms with Gasteiger partial charge in [-0.05, 0) is 25.7 Å². The first-order valence-corrected chi connectivity index (χ1v) is 8.42. The number of aliphatic carboxylic acids is 1. The van der Waals surface area contributed by atoms with Crippen LogP contribution in [0.5, 0.6) is 0 Å². The monoisotopic (exact) mass is 333 g/mol. The molecule has 1 aliphatic heterocycles. The van der Waals surface area contributed by atoms with Crippen LogP contribution in [-0.4, -0.2) is 64.2 Å². The number of hydrogen-bond donors (Lipinski definition) is 2. The Morgan fingerprint density at radius 2 is 1.79 bits per heavy atom. The predicted octanol–water partition coefficient (Wildman–Crippen LogP) is 0.952. The lowest BCUT2D eigenvalue weighted by atomic mass is 9.86. The van der Waals surface area contributed by atoms with Crippen molar-refractivity contribution in [1.29, 1.82) is 0 Å². The maximum Gasteiger partial charge on any atom is 0.317 e. The molecule has 0 radical (unpaired) electrons. The molecule has 1 aromatic heterocycles. The van der Waals surface area contributed by atoms with Gasteiger partial charge in [-0.15, -0.1) is 0 Å². The van der Waals surface area contributed by atoms with Gasteiger partial charge in [0.15, 0.2) is 0 Å². The van der Waals surface area contributed by atoms with Crippen LogP contribution in [0.1, 0.15) is 25.7 Å². The van der Waals surface area contributed by atoms with Crippen molar-refractivity contribution in [2.24, 2.45) is 5.92 Å². The summed E-state index contributed by atoms with van der Waals surface area (Å²) in [6, 6.07) is 0.0405. The summed E-state index contributed by atoms with van der Waals surface area (Å²) >= 11 is 0. The largest absolute Gasteiger partial charge is 0.481 e. The molecule has 8 heteroatoms. The summed E-state index contributed by atoms with van der Waals surface area (Å²) < 4.78 is 0. The van der Waals surface area contributed by atoms with Crippen LogP contribution >= 0.6 is 0 Å². The van der Waals surface area contributed by atoms with Crippen LogP contribution in [0.25, 0.3) is 0 Å². The highest BCUT2D eigenvalue weighted by Gasteiger charge is 2.28. The molecule has 0 spiro atoms. The van der Waals surface area contributed by atoms with Crippen LogP contribution < -0.4 is 10.2 Å². The lowest BCUT2D eigenvalue weighted by molar-refractivity contribution is -0.142. The molecule has 3 rings (SSSR count). The first-order valence-electron chi connectivity index (χ1n) is 8.42. The summed E-state index contributed by atoms with van der Waals surface area (Å²) in [5.74, 6) is -0.141. The molecule has 0 aromatic carbocycles. The second-order valence-corrected chi connectivity index (χ2v) is 6.37. The Bertz CT molecular complexity index is 566. The number of anilines is 1. The molecular weight excluding hydrogens is 310 g/mol. The quantitative estimate of drug-likeness (QED) is 0.854. The highest BCUT2D eigenvalue weighted by atomic mass is 16.4. The normalized spacial score (nSPS) is 24.5. The summed E-state index contributed by atoms with van der Waals surface area (Å²) in [5.41, 5.74) is 0. The highest BCUT2D eigenvalue weighted by molar-refractivity contribution is 5.75. The van der Waals surface area contributed by atoms with E-state index in [2.05, 4.69) is 20.2 Å². The third kappa shape index (κ3) is 3.93. The number of rotatable bonds is 3. The Hall–Kier alpha value is -2.38. The maximum atomic E-state index is 12.4. The molecule has 2 amide bonds. The van der Waals surface area contributed by atoms with Crippen molar-refractivity contribution in [3.8, 4) is 0 Å². The number of nitrogens with zero attached hydrogens (tertiary/aromatic N) is 4. The fourth-order valence-electron chi connectivity index (χ4n) is 3.34. The summed E-state index contributed by atoms with van der Waals surface area (Å²) in [6.07, 6.45) is 7.80. The Morgan fingerprint density at radius 3 is 2.38 bits per heavy atom. The first kappa shape index (κ1) is 16.5. The molecule has 2 N–H and O–H groups in total. The van der Waals surface area contributed by atoms with Gasteiger partial charge in [0.05, 0.1) is 12.1 Å². The zero-order valence-corrected chi connectivity index (χ0v) is 13.6. The molecule has 2 aliphatic rings. The number of carbonyl (C=O) groups excluding carboxylic acids is 1. The fraction of sp³-hybridized carbons (Fsp3) is 0.625. The average Bonchev–Trinajstić information content (AvgIpc) is 2.63. The number of carboxylic acids is 1. The number of urea groups is 1. The van der Waals surface area contributed by atoms with Crippen LogP contribution in [0.4, 0.5) is 10.6 Å². The van der Waals surface area contributed by atoms with Crippen molar-refractivity contribution in [3.63, 3.8) is 0 Å². The minimum Gasteiger partial charge on any atom is -0.481 e. The molecule has 2 fully saturated rings. The van der Waals surface area contributed by atoms with E-state index in [0.717, 1.165) is 31.7 Å². The molecular formula is C16H23N5O3. The number of piperazine rings is 1. The number of carboxylic acid groups (broad SMARTS) is 1. The number of carbonyl (C=O) groups is 2. The zero-order chi connectivity index (χ0) is 16.9. The Labute approximate surface area is 140 Å². The number of amides is 2. The van der Waals surface area contributed by atoms with Gasteiger partial charge >= 0.3 is 12.0 Å². The first-order chi connectivity index (χ1) is 11.6.